The molecule has 0 aliphatic carbocycles. The lowest BCUT2D eigenvalue weighted by atomic mass is 9.99. The lowest BCUT2D eigenvalue weighted by molar-refractivity contribution is -0.140. The number of thiophene rings is 1. The van der Waals surface area contributed by atoms with Crippen molar-refractivity contribution in [3.05, 3.63) is 21.4 Å². The van der Waals surface area contributed by atoms with E-state index in [9.17, 15) is 9.59 Å². The van der Waals surface area contributed by atoms with Gasteiger partial charge in [0.05, 0.1) is 4.88 Å². The Morgan fingerprint density at radius 3 is 2.44 bits per heavy atom. The number of carboxylic acids is 1. The Balaban J connectivity index is 2.81. The molecule has 0 spiro atoms. The first-order valence-electron chi connectivity index (χ1n) is 5.97. The van der Waals surface area contributed by atoms with Crippen LogP contribution in [0.1, 0.15) is 40.4 Å². The summed E-state index contributed by atoms with van der Waals surface area (Å²) in [5.41, 5.74) is 1.06. The lowest BCUT2D eigenvalue weighted by Crippen LogP contribution is -2.44. The average Bonchev–Trinajstić information content (AvgIpc) is 2.65. The van der Waals surface area contributed by atoms with Gasteiger partial charge in [0.2, 0.25) is 0 Å². The van der Waals surface area contributed by atoms with Crippen LogP contribution in [-0.4, -0.2) is 23.0 Å². The standard InChI is InChI=1S/C13H19NO3S/c1-5-7(2)11(13(16)17)14-12(15)10-6-8(3)9(4)18-10/h6-7,11H,5H2,1-4H3,(H,14,15)(H,16,17). The van der Waals surface area contributed by atoms with Gasteiger partial charge in [0, 0.05) is 4.88 Å². The van der Waals surface area contributed by atoms with Crippen LogP contribution in [0.4, 0.5) is 0 Å². The first-order chi connectivity index (χ1) is 8.36. The maximum atomic E-state index is 12.0. The van der Waals surface area contributed by atoms with E-state index < -0.39 is 12.0 Å². The van der Waals surface area contributed by atoms with Crippen LogP contribution in [0, 0.1) is 19.8 Å². The molecule has 2 N–H and O–H groups in total. The highest BCUT2D eigenvalue weighted by Crippen LogP contribution is 2.21. The summed E-state index contributed by atoms with van der Waals surface area (Å²) in [7, 11) is 0. The molecule has 0 radical (unpaired) electrons. The molecule has 1 rings (SSSR count). The summed E-state index contributed by atoms with van der Waals surface area (Å²) in [5, 5.41) is 11.7. The van der Waals surface area contributed by atoms with Crippen molar-refractivity contribution in [1.82, 2.24) is 5.32 Å². The van der Waals surface area contributed by atoms with Crippen LogP contribution in [0.3, 0.4) is 0 Å². The van der Waals surface area contributed by atoms with Crippen molar-refractivity contribution in [3.8, 4) is 0 Å². The fourth-order valence-electron chi connectivity index (χ4n) is 1.58. The predicted octanol–water partition coefficient (Wildman–Crippen LogP) is 2.59. The molecule has 5 heteroatoms. The van der Waals surface area contributed by atoms with Crippen molar-refractivity contribution in [2.45, 2.75) is 40.2 Å². The Morgan fingerprint density at radius 1 is 1.44 bits per heavy atom. The molecule has 4 nitrogen and oxygen atoms in total. The molecular weight excluding hydrogens is 250 g/mol. The van der Waals surface area contributed by atoms with E-state index >= 15 is 0 Å². The van der Waals surface area contributed by atoms with E-state index in [0.29, 0.717) is 11.3 Å². The zero-order valence-corrected chi connectivity index (χ0v) is 11.9. The SMILES string of the molecule is CCC(C)C(NC(=O)c1cc(C)c(C)s1)C(=O)O. The molecule has 2 atom stereocenters. The number of aryl methyl sites for hydroxylation is 2. The Morgan fingerprint density at radius 2 is 2.06 bits per heavy atom. The maximum absolute atomic E-state index is 12.0. The molecule has 0 aliphatic rings. The monoisotopic (exact) mass is 269 g/mol. The molecular formula is C13H19NO3S. The summed E-state index contributed by atoms with van der Waals surface area (Å²) in [4.78, 5) is 24.8. The summed E-state index contributed by atoms with van der Waals surface area (Å²) in [6, 6.07) is 0.968. The number of rotatable bonds is 5. The fraction of sp³-hybridized carbons (Fsp3) is 0.538. The Bertz CT molecular complexity index is 434. The van der Waals surface area contributed by atoms with Crippen LogP contribution in [0.15, 0.2) is 6.07 Å². The summed E-state index contributed by atoms with van der Waals surface area (Å²) >= 11 is 1.39. The van der Waals surface area contributed by atoms with Crippen LogP contribution >= 0.6 is 11.3 Å². The Labute approximate surface area is 111 Å². The number of hydrogen-bond donors (Lipinski definition) is 2. The highest BCUT2D eigenvalue weighted by Gasteiger charge is 2.26. The van der Waals surface area contributed by atoms with Gasteiger partial charge in [-0.2, -0.15) is 0 Å². The van der Waals surface area contributed by atoms with E-state index in [2.05, 4.69) is 5.32 Å². The number of carbonyl (C=O) groups excluding carboxylic acids is 1. The van der Waals surface area contributed by atoms with Gasteiger partial charge in [0.15, 0.2) is 0 Å². The third-order valence-corrected chi connectivity index (χ3v) is 4.31. The molecule has 1 aromatic heterocycles. The van der Waals surface area contributed by atoms with Crippen LogP contribution in [0.25, 0.3) is 0 Å². The van der Waals surface area contributed by atoms with Gasteiger partial charge < -0.3 is 10.4 Å². The normalized spacial score (nSPS) is 14.0. The van der Waals surface area contributed by atoms with Gasteiger partial charge in [-0.15, -0.1) is 11.3 Å². The molecule has 1 aromatic rings. The molecule has 0 fully saturated rings. The second-order valence-electron chi connectivity index (χ2n) is 4.52. The molecule has 1 amide bonds. The van der Waals surface area contributed by atoms with Crippen LogP contribution in [0.2, 0.25) is 0 Å². The van der Waals surface area contributed by atoms with Gasteiger partial charge in [0.1, 0.15) is 6.04 Å². The fourth-order valence-corrected chi connectivity index (χ4v) is 2.52. The Hall–Kier alpha value is -1.36. The van der Waals surface area contributed by atoms with Crippen molar-refractivity contribution in [2.75, 3.05) is 0 Å². The van der Waals surface area contributed by atoms with Crippen LogP contribution in [-0.2, 0) is 4.79 Å². The van der Waals surface area contributed by atoms with Crippen molar-refractivity contribution >= 4 is 23.2 Å². The van der Waals surface area contributed by atoms with E-state index in [1.807, 2.05) is 27.7 Å². The van der Waals surface area contributed by atoms with Gasteiger partial charge in [0.25, 0.3) is 5.91 Å². The minimum absolute atomic E-state index is 0.0893. The minimum atomic E-state index is -0.984. The molecule has 1 heterocycles. The highest BCUT2D eigenvalue weighted by molar-refractivity contribution is 7.14. The van der Waals surface area contributed by atoms with E-state index in [0.717, 1.165) is 10.4 Å². The highest BCUT2D eigenvalue weighted by atomic mass is 32.1. The number of hydrogen-bond acceptors (Lipinski definition) is 3. The van der Waals surface area contributed by atoms with E-state index in [1.165, 1.54) is 11.3 Å². The summed E-state index contributed by atoms with van der Waals surface area (Å²) in [6.45, 7) is 7.61. The van der Waals surface area contributed by atoms with Crippen molar-refractivity contribution in [1.29, 1.82) is 0 Å². The second kappa shape index (κ2) is 6.00. The summed E-state index contributed by atoms with van der Waals surface area (Å²) < 4.78 is 0. The van der Waals surface area contributed by atoms with E-state index in [1.54, 1.807) is 6.07 Å². The topological polar surface area (TPSA) is 66.4 Å². The van der Waals surface area contributed by atoms with Crippen molar-refractivity contribution in [2.24, 2.45) is 5.92 Å². The first-order valence-corrected chi connectivity index (χ1v) is 6.79. The average molecular weight is 269 g/mol. The van der Waals surface area contributed by atoms with Gasteiger partial charge in [-0.05, 0) is 31.4 Å². The number of carbonyl (C=O) groups is 2. The van der Waals surface area contributed by atoms with Crippen LogP contribution in [0.5, 0.6) is 0 Å². The molecule has 18 heavy (non-hydrogen) atoms. The molecule has 100 valence electrons. The maximum Gasteiger partial charge on any atom is 0.326 e. The zero-order chi connectivity index (χ0) is 13.9. The predicted molar refractivity (Wildman–Crippen MR) is 72.1 cm³/mol. The molecule has 0 aliphatic heterocycles. The molecule has 0 saturated heterocycles. The summed E-state index contributed by atoms with van der Waals surface area (Å²) in [5.74, 6) is -1.37. The van der Waals surface area contributed by atoms with Crippen molar-refractivity contribution < 1.29 is 14.7 Å². The smallest absolute Gasteiger partial charge is 0.326 e. The van der Waals surface area contributed by atoms with Gasteiger partial charge in [-0.25, -0.2) is 4.79 Å². The third-order valence-electron chi connectivity index (χ3n) is 3.16. The van der Waals surface area contributed by atoms with Crippen molar-refractivity contribution in [3.63, 3.8) is 0 Å². The Kier molecular flexibility index (Phi) is 4.90. The first kappa shape index (κ1) is 14.7. The van der Waals surface area contributed by atoms with Gasteiger partial charge in [-0.1, -0.05) is 20.3 Å². The second-order valence-corrected chi connectivity index (χ2v) is 5.78. The molecule has 0 aromatic carbocycles. The van der Waals surface area contributed by atoms with Gasteiger partial charge in [-0.3, -0.25) is 4.79 Å². The summed E-state index contributed by atoms with van der Waals surface area (Å²) in [6.07, 6.45) is 0.708. The number of nitrogens with one attached hydrogen (secondary N) is 1. The lowest BCUT2D eigenvalue weighted by Gasteiger charge is -2.19. The molecule has 0 saturated carbocycles. The number of aliphatic carboxylic acids is 1. The largest absolute Gasteiger partial charge is 0.480 e. The minimum Gasteiger partial charge on any atom is -0.480 e. The molecule has 0 bridgehead atoms. The number of amides is 1. The van der Waals surface area contributed by atoms with Crippen LogP contribution < -0.4 is 5.32 Å². The van der Waals surface area contributed by atoms with E-state index in [4.69, 9.17) is 5.11 Å². The zero-order valence-electron chi connectivity index (χ0n) is 11.1. The molecule has 2 unspecified atom stereocenters. The van der Waals surface area contributed by atoms with E-state index in [-0.39, 0.29) is 11.8 Å². The quantitative estimate of drug-likeness (QED) is 0.863. The van der Waals surface area contributed by atoms with Gasteiger partial charge >= 0.3 is 5.97 Å². The third kappa shape index (κ3) is 3.32. The number of carboxylic acid groups (broad SMARTS) is 1.